The number of thiazole rings is 1. The summed E-state index contributed by atoms with van der Waals surface area (Å²) in [6.45, 7) is 8.88. The van der Waals surface area contributed by atoms with Crippen LogP contribution >= 0.6 is 11.3 Å². The molecule has 0 aliphatic heterocycles. The Kier molecular flexibility index (Phi) is 12.5. The largest absolute Gasteiger partial charge is 0.497 e. The molecule has 0 spiro atoms. The van der Waals surface area contributed by atoms with Gasteiger partial charge in [-0.3, -0.25) is 14.9 Å². The Balaban J connectivity index is 1.90. The van der Waals surface area contributed by atoms with Gasteiger partial charge in [0.2, 0.25) is 5.96 Å². The van der Waals surface area contributed by atoms with Crippen molar-refractivity contribution >= 4 is 62.2 Å². The van der Waals surface area contributed by atoms with Crippen LogP contribution in [-0.4, -0.2) is 67.0 Å². The quantitative estimate of drug-likeness (QED) is 0.111. The smallest absolute Gasteiger partial charge is 0.414 e. The third-order valence-corrected chi connectivity index (χ3v) is 8.50. The lowest BCUT2D eigenvalue weighted by molar-refractivity contribution is 0.0542. The molecule has 17 nitrogen and oxygen atoms in total. The standard InChI is InChI=1S/C30H35F2N7O10S2/c1-29(2,3)48-27(43)35-25(36-28(44)49-30(4,5)6)37-38-26(42)34-21-19(31)12-18(13-20(21)32)51(45,46)39(23-22(24(40)41)33-15-50-23)14-16-8-10-17(47-7)11-9-16/h8-13,15H,14H2,1-7H3,(H,40,41)(H2,34,38,42)(H2,35,36,37,43,44). The normalized spacial score (nSPS) is 11.5. The van der Waals surface area contributed by atoms with Gasteiger partial charge in [-0.2, -0.15) is 0 Å². The molecule has 0 unspecified atom stereocenters. The van der Waals surface area contributed by atoms with E-state index in [1.165, 1.54) is 31.4 Å². The van der Waals surface area contributed by atoms with E-state index >= 15 is 8.78 Å². The Morgan fingerprint density at radius 2 is 1.47 bits per heavy atom. The molecule has 0 bridgehead atoms. The highest BCUT2D eigenvalue weighted by molar-refractivity contribution is 7.93. The van der Waals surface area contributed by atoms with Gasteiger partial charge in [0.1, 0.15) is 27.6 Å². The summed E-state index contributed by atoms with van der Waals surface area (Å²) in [5.74, 6) is -4.87. The molecule has 0 saturated heterocycles. The van der Waals surface area contributed by atoms with Gasteiger partial charge >= 0.3 is 24.2 Å². The second kappa shape index (κ2) is 16.0. The number of carboxylic acid groups (broad SMARTS) is 1. The van der Waals surface area contributed by atoms with E-state index in [1.807, 2.05) is 10.7 Å². The van der Waals surface area contributed by atoms with Gasteiger partial charge in [-0.1, -0.05) is 12.1 Å². The van der Waals surface area contributed by atoms with Crippen LogP contribution in [0, 0.1) is 11.6 Å². The van der Waals surface area contributed by atoms with Gasteiger partial charge in [-0.15, -0.1) is 16.4 Å². The topological polar surface area (TPSA) is 227 Å². The van der Waals surface area contributed by atoms with Gasteiger partial charge in [0.15, 0.2) is 17.3 Å². The summed E-state index contributed by atoms with van der Waals surface area (Å²) in [5.41, 5.74) is -0.364. The third-order valence-electron chi connectivity index (χ3n) is 5.81. The number of halogens is 2. The highest BCUT2D eigenvalue weighted by atomic mass is 32.2. The molecule has 0 saturated carbocycles. The molecule has 51 heavy (non-hydrogen) atoms. The maximum absolute atomic E-state index is 15.3. The van der Waals surface area contributed by atoms with Crippen molar-refractivity contribution < 1.29 is 55.7 Å². The number of guanidine groups is 1. The summed E-state index contributed by atoms with van der Waals surface area (Å²) in [5, 5.41) is 18.8. The first-order chi connectivity index (χ1) is 23.6. The van der Waals surface area contributed by atoms with Gasteiger partial charge < -0.3 is 24.6 Å². The van der Waals surface area contributed by atoms with Gasteiger partial charge in [-0.05, 0) is 71.4 Å². The molecule has 21 heteroatoms. The fourth-order valence-electron chi connectivity index (χ4n) is 3.81. The molecule has 0 radical (unpaired) electrons. The first-order valence-electron chi connectivity index (χ1n) is 14.6. The van der Waals surface area contributed by atoms with Crippen LogP contribution in [0.2, 0.25) is 0 Å². The number of carbonyl (C=O) groups excluding carboxylic acids is 3. The van der Waals surface area contributed by atoms with Crippen LogP contribution in [-0.2, 0) is 26.0 Å². The average Bonchev–Trinajstić information content (AvgIpc) is 3.48. The number of aromatic nitrogens is 1. The number of benzene rings is 2. The number of rotatable bonds is 9. The monoisotopic (exact) mass is 755 g/mol. The molecule has 0 fully saturated rings. The SMILES string of the molecule is COc1ccc(CN(c2scnc2C(=O)O)S(=O)(=O)c2cc(F)c(NC(=O)NN=C(NC(=O)OC(C)(C)C)NC(=O)OC(C)(C)C)c(F)c2)cc1. The van der Waals surface area contributed by atoms with Gasteiger partial charge in [-0.25, -0.2) is 46.8 Å². The van der Waals surface area contributed by atoms with Crippen molar-refractivity contribution in [1.29, 1.82) is 0 Å². The number of sulfonamides is 1. The molecule has 276 valence electrons. The summed E-state index contributed by atoms with van der Waals surface area (Å²) in [6, 6.07) is 5.52. The number of urea groups is 1. The van der Waals surface area contributed by atoms with Crippen molar-refractivity contribution in [3.63, 3.8) is 0 Å². The zero-order chi connectivity index (χ0) is 38.3. The Morgan fingerprint density at radius 1 is 0.941 bits per heavy atom. The Morgan fingerprint density at radius 3 is 1.94 bits per heavy atom. The number of hydrogen-bond acceptors (Lipinski definition) is 12. The van der Waals surface area contributed by atoms with Crippen LogP contribution in [0.4, 0.5) is 33.9 Å². The number of carboxylic acids is 1. The van der Waals surface area contributed by atoms with Gasteiger partial charge in [0.25, 0.3) is 10.0 Å². The number of anilines is 2. The van der Waals surface area contributed by atoms with Crippen molar-refractivity contribution in [1.82, 2.24) is 21.0 Å². The van der Waals surface area contributed by atoms with E-state index in [0.29, 0.717) is 39.1 Å². The predicted octanol–water partition coefficient (Wildman–Crippen LogP) is 4.97. The summed E-state index contributed by atoms with van der Waals surface area (Å²) in [7, 11) is -3.46. The van der Waals surface area contributed by atoms with E-state index in [-0.39, 0.29) is 5.00 Å². The molecule has 3 aromatic rings. The second-order valence-corrected chi connectivity index (χ2v) is 14.9. The van der Waals surface area contributed by atoms with Crippen molar-refractivity contribution in [2.45, 2.75) is 64.2 Å². The molecule has 0 aliphatic rings. The predicted molar refractivity (Wildman–Crippen MR) is 180 cm³/mol. The highest BCUT2D eigenvalue weighted by Gasteiger charge is 2.33. The minimum absolute atomic E-state index is 0.339. The fraction of sp³-hybridized carbons (Fsp3) is 0.333. The number of amides is 4. The number of aromatic carboxylic acids is 1. The number of carbonyl (C=O) groups is 4. The molecule has 3 rings (SSSR count). The Bertz CT molecular complexity index is 1870. The van der Waals surface area contributed by atoms with E-state index in [1.54, 1.807) is 41.5 Å². The van der Waals surface area contributed by atoms with E-state index in [2.05, 4.69) is 20.7 Å². The van der Waals surface area contributed by atoms with Crippen LogP contribution in [0.25, 0.3) is 0 Å². The van der Waals surface area contributed by atoms with Crippen LogP contribution in [0.15, 0.2) is 51.9 Å². The van der Waals surface area contributed by atoms with Crippen molar-refractivity contribution in [3.8, 4) is 5.75 Å². The number of hydrazone groups is 1. The average molecular weight is 756 g/mol. The zero-order valence-electron chi connectivity index (χ0n) is 28.3. The van der Waals surface area contributed by atoms with E-state index in [4.69, 9.17) is 14.2 Å². The summed E-state index contributed by atoms with van der Waals surface area (Å²) in [4.78, 5) is 51.7. The molecular weight excluding hydrogens is 720 g/mol. The summed E-state index contributed by atoms with van der Waals surface area (Å²) >= 11 is 0.671. The first kappa shape index (κ1) is 39.9. The molecule has 0 aliphatic carbocycles. The number of methoxy groups -OCH3 is 1. The van der Waals surface area contributed by atoms with E-state index in [0.717, 1.165) is 5.51 Å². The molecular formula is C30H35F2N7O10S2. The van der Waals surface area contributed by atoms with Gasteiger partial charge in [0, 0.05) is 0 Å². The molecule has 1 aromatic heterocycles. The third kappa shape index (κ3) is 11.5. The number of ether oxygens (including phenoxy) is 3. The number of nitrogens with one attached hydrogen (secondary N) is 4. The van der Waals surface area contributed by atoms with Crippen molar-refractivity contribution in [2.75, 3.05) is 16.7 Å². The second-order valence-electron chi connectivity index (χ2n) is 12.2. The summed E-state index contributed by atoms with van der Waals surface area (Å²) < 4.78 is 74.2. The van der Waals surface area contributed by atoms with Crippen LogP contribution in [0.3, 0.4) is 0 Å². The fourth-order valence-corrected chi connectivity index (χ4v) is 6.31. The molecule has 5 N–H and O–H groups in total. The van der Waals surface area contributed by atoms with Crippen LogP contribution < -0.4 is 30.4 Å². The molecule has 4 amide bonds. The minimum Gasteiger partial charge on any atom is -0.497 e. The lowest BCUT2D eigenvalue weighted by Crippen LogP contribution is -2.48. The van der Waals surface area contributed by atoms with Crippen molar-refractivity contribution in [2.24, 2.45) is 5.10 Å². The summed E-state index contributed by atoms with van der Waals surface area (Å²) in [6.07, 6.45) is -2.19. The number of nitrogens with zero attached hydrogens (tertiary/aromatic N) is 3. The maximum atomic E-state index is 15.3. The lowest BCUT2D eigenvalue weighted by atomic mass is 10.2. The van der Waals surface area contributed by atoms with Crippen LogP contribution in [0.5, 0.6) is 5.75 Å². The Labute approximate surface area is 295 Å². The van der Waals surface area contributed by atoms with E-state index < -0.39 is 85.8 Å². The molecule has 2 aromatic carbocycles. The molecule has 1 heterocycles. The van der Waals surface area contributed by atoms with Crippen LogP contribution in [0.1, 0.15) is 57.6 Å². The van der Waals surface area contributed by atoms with Crippen molar-refractivity contribution in [3.05, 3.63) is 64.8 Å². The highest BCUT2D eigenvalue weighted by Crippen LogP contribution is 2.34. The lowest BCUT2D eigenvalue weighted by Gasteiger charge is -2.24. The van der Waals surface area contributed by atoms with Gasteiger partial charge in [0.05, 0.1) is 24.1 Å². The number of alkyl carbamates (subject to hydrolysis) is 2. The molecule has 0 atom stereocenters. The van der Waals surface area contributed by atoms with E-state index in [9.17, 15) is 32.7 Å². The Hall–Kier alpha value is -5.57. The number of hydrogen-bond donors (Lipinski definition) is 5. The maximum Gasteiger partial charge on any atom is 0.414 e. The minimum atomic E-state index is -4.88. The zero-order valence-corrected chi connectivity index (χ0v) is 29.9. The first-order valence-corrected chi connectivity index (χ1v) is 16.9.